The molecule has 1 heterocycles. The Morgan fingerprint density at radius 3 is 2.30 bits per heavy atom. The molecule has 0 aliphatic heterocycles. The first-order chi connectivity index (χ1) is 12.9. The first-order valence-corrected chi connectivity index (χ1v) is 8.36. The fourth-order valence-corrected chi connectivity index (χ4v) is 2.80. The molecule has 0 aliphatic rings. The predicted octanol–water partition coefficient (Wildman–Crippen LogP) is 3.78. The van der Waals surface area contributed by atoms with Gasteiger partial charge in [-0.25, -0.2) is 9.59 Å². The van der Waals surface area contributed by atoms with Crippen LogP contribution in [0.5, 0.6) is 11.5 Å². The van der Waals surface area contributed by atoms with Crippen molar-refractivity contribution >= 4 is 16.9 Å². The maximum atomic E-state index is 12.5. The van der Waals surface area contributed by atoms with E-state index in [1.54, 1.807) is 18.2 Å². The molecule has 0 aliphatic carbocycles. The SMILES string of the molecule is COc1cc(OC)cc(C(=O)OCc2cc(=O)oc3c(C)c(C)ccc23)c1. The van der Waals surface area contributed by atoms with Crippen LogP contribution >= 0.6 is 0 Å². The molecule has 0 spiro atoms. The Labute approximate surface area is 156 Å². The zero-order valence-corrected chi connectivity index (χ0v) is 15.6. The summed E-state index contributed by atoms with van der Waals surface area (Å²) in [7, 11) is 3.01. The Bertz CT molecular complexity index is 1040. The van der Waals surface area contributed by atoms with Gasteiger partial charge >= 0.3 is 11.6 Å². The van der Waals surface area contributed by atoms with Crippen molar-refractivity contribution in [1.82, 2.24) is 0 Å². The van der Waals surface area contributed by atoms with Crippen molar-refractivity contribution in [2.75, 3.05) is 14.2 Å². The van der Waals surface area contributed by atoms with E-state index in [1.807, 2.05) is 26.0 Å². The van der Waals surface area contributed by atoms with E-state index >= 15 is 0 Å². The molecule has 0 saturated carbocycles. The number of hydrogen-bond acceptors (Lipinski definition) is 6. The topological polar surface area (TPSA) is 75.0 Å². The highest BCUT2D eigenvalue weighted by molar-refractivity contribution is 5.91. The summed E-state index contributed by atoms with van der Waals surface area (Å²) in [6, 6.07) is 9.94. The lowest BCUT2D eigenvalue weighted by Crippen LogP contribution is -2.09. The number of fused-ring (bicyclic) bond motifs is 1. The van der Waals surface area contributed by atoms with Gasteiger partial charge in [0, 0.05) is 23.1 Å². The summed E-state index contributed by atoms with van der Waals surface area (Å²) in [5.41, 5.74) is 2.82. The van der Waals surface area contributed by atoms with Gasteiger partial charge < -0.3 is 18.6 Å². The van der Waals surface area contributed by atoms with Crippen molar-refractivity contribution in [2.24, 2.45) is 0 Å². The van der Waals surface area contributed by atoms with E-state index in [9.17, 15) is 9.59 Å². The van der Waals surface area contributed by atoms with E-state index in [1.165, 1.54) is 20.3 Å². The summed E-state index contributed by atoms with van der Waals surface area (Å²) in [6.07, 6.45) is 0. The molecule has 0 bridgehead atoms. The van der Waals surface area contributed by atoms with Crippen LogP contribution in [0.1, 0.15) is 27.0 Å². The molecule has 0 amide bonds. The quantitative estimate of drug-likeness (QED) is 0.504. The second kappa shape index (κ2) is 7.53. The van der Waals surface area contributed by atoms with E-state index in [2.05, 4.69) is 0 Å². The maximum absolute atomic E-state index is 12.5. The standard InChI is InChI=1S/C21H20O6/c1-12-5-6-18-15(9-19(22)27-20(18)13(12)2)11-26-21(23)14-7-16(24-3)10-17(8-14)25-4/h5-10H,11H2,1-4H3. The summed E-state index contributed by atoms with van der Waals surface area (Å²) >= 11 is 0. The van der Waals surface area contributed by atoms with Gasteiger partial charge in [-0.2, -0.15) is 0 Å². The van der Waals surface area contributed by atoms with Gasteiger partial charge in [0.2, 0.25) is 0 Å². The summed E-state index contributed by atoms with van der Waals surface area (Å²) in [5.74, 6) is 0.425. The molecule has 0 N–H and O–H groups in total. The Balaban J connectivity index is 1.90. The van der Waals surface area contributed by atoms with Crippen LogP contribution in [0.3, 0.4) is 0 Å². The second-order valence-corrected chi connectivity index (χ2v) is 6.15. The number of aryl methyl sites for hydroxylation is 2. The van der Waals surface area contributed by atoms with E-state index in [0.717, 1.165) is 16.5 Å². The van der Waals surface area contributed by atoms with Crippen LogP contribution in [0.4, 0.5) is 0 Å². The van der Waals surface area contributed by atoms with Crippen LogP contribution < -0.4 is 15.1 Å². The zero-order valence-electron chi connectivity index (χ0n) is 15.6. The maximum Gasteiger partial charge on any atom is 0.338 e. The number of carbonyl (C=O) groups is 1. The average Bonchev–Trinajstić information content (AvgIpc) is 2.68. The fourth-order valence-electron chi connectivity index (χ4n) is 2.80. The van der Waals surface area contributed by atoms with E-state index in [4.69, 9.17) is 18.6 Å². The van der Waals surface area contributed by atoms with Crippen molar-refractivity contribution in [3.05, 3.63) is 69.1 Å². The number of hydrogen-bond donors (Lipinski definition) is 0. The lowest BCUT2D eigenvalue weighted by molar-refractivity contribution is 0.0473. The average molecular weight is 368 g/mol. The summed E-state index contributed by atoms with van der Waals surface area (Å²) < 4.78 is 21.1. The van der Waals surface area contributed by atoms with Gasteiger partial charge in [-0.15, -0.1) is 0 Å². The molecular formula is C21H20O6. The zero-order chi connectivity index (χ0) is 19.6. The fraction of sp³-hybridized carbons (Fsp3) is 0.238. The highest BCUT2D eigenvalue weighted by Crippen LogP contribution is 2.25. The Kier molecular flexibility index (Phi) is 5.16. The molecule has 140 valence electrons. The summed E-state index contributed by atoms with van der Waals surface area (Å²) in [6.45, 7) is 3.78. The molecule has 0 unspecified atom stereocenters. The van der Waals surface area contributed by atoms with Gasteiger partial charge in [-0.1, -0.05) is 12.1 Å². The molecule has 1 aromatic heterocycles. The summed E-state index contributed by atoms with van der Waals surface area (Å²) in [4.78, 5) is 24.4. The molecule has 0 fully saturated rings. The van der Waals surface area contributed by atoms with E-state index in [0.29, 0.717) is 28.2 Å². The monoisotopic (exact) mass is 368 g/mol. The molecule has 3 aromatic rings. The van der Waals surface area contributed by atoms with Gasteiger partial charge in [-0.3, -0.25) is 0 Å². The number of carbonyl (C=O) groups excluding carboxylic acids is 1. The van der Waals surface area contributed by atoms with Crippen LogP contribution in [0.2, 0.25) is 0 Å². The molecule has 0 radical (unpaired) electrons. The van der Waals surface area contributed by atoms with Crippen LogP contribution in [-0.2, 0) is 11.3 Å². The Hall–Kier alpha value is -3.28. The van der Waals surface area contributed by atoms with Crippen molar-refractivity contribution in [3.8, 4) is 11.5 Å². The lowest BCUT2D eigenvalue weighted by atomic mass is 10.0. The molecular weight excluding hydrogens is 348 g/mol. The third kappa shape index (κ3) is 3.79. The lowest BCUT2D eigenvalue weighted by Gasteiger charge is -2.11. The first-order valence-electron chi connectivity index (χ1n) is 8.36. The minimum atomic E-state index is -0.544. The molecule has 0 atom stereocenters. The number of ether oxygens (including phenoxy) is 3. The minimum absolute atomic E-state index is 0.0526. The molecule has 6 heteroatoms. The largest absolute Gasteiger partial charge is 0.497 e. The number of benzene rings is 2. The van der Waals surface area contributed by atoms with Crippen molar-refractivity contribution < 1.29 is 23.4 Å². The van der Waals surface area contributed by atoms with Crippen LogP contribution in [0.15, 0.2) is 45.6 Å². The number of methoxy groups -OCH3 is 2. The molecule has 0 saturated heterocycles. The predicted molar refractivity (Wildman–Crippen MR) is 101 cm³/mol. The van der Waals surface area contributed by atoms with Gasteiger partial charge in [0.15, 0.2) is 0 Å². The molecule has 3 rings (SSSR count). The third-order valence-corrected chi connectivity index (χ3v) is 4.46. The van der Waals surface area contributed by atoms with Gasteiger partial charge in [0.05, 0.1) is 19.8 Å². The Morgan fingerprint density at radius 2 is 1.67 bits per heavy atom. The van der Waals surface area contributed by atoms with Gasteiger partial charge in [0.25, 0.3) is 0 Å². The van der Waals surface area contributed by atoms with E-state index in [-0.39, 0.29) is 6.61 Å². The van der Waals surface area contributed by atoms with Gasteiger partial charge in [0.1, 0.15) is 23.7 Å². The van der Waals surface area contributed by atoms with Crippen LogP contribution in [-0.4, -0.2) is 20.2 Å². The van der Waals surface area contributed by atoms with Crippen molar-refractivity contribution in [3.63, 3.8) is 0 Å². The minimum Gasteiger partial charge on any atom is -0.497 e. The third-order valence-electron chi connectivity index (χ3n) is 4.46. The van der Waals surface area contributed by atoms with Crippen LogP contribution in [0, 0.1) is 13.8 Å². The smallest absolute Gasteiger partial charge is 0.338 e. The highest BCUT2D eigenvalue weighted by Gasteiger charge is 2.14. The van der Waals surface area contributed by atoms with E-state index < -0.39 is 11.6 Å². The van der Waals surface area contributed by atoms with Crippen LogP contribution in [0.25, 0.3) is 11.0 Å². The highest BCUT2D eigenvalue weighted by atomic mass is 16.5. The normalized spacial score (nSPS) is 10.7. The summed E-state index contributed by atoms with van der Waals surface area (Å²) in [5, 5.41) is 0.744. The number of esters is 1. The van der Waals surface area contributed by atoms with Crippen molar-refractivity contribution in [2.45, 2.75) is 20.5 Å². The molecule has 6 nitrogen and oxygen atoms in total. The number of rotatable bonds is 5. The van der Waals surface area contributed by atoms with Crippen molar-refractivity contribution in [1.29, 1.82) is 0 Å². The first kappa shape index (κ1) is 18.5. The molecule has 2 aromatic carbocycles. The van der Waals surface area contributed by atoms with Gasteiger partial charge in [-0.05, 0) is 37.1 Å². The second-order valence-electron chi connectivity index (χ2n) is 6.15. The Morgan fingerprint density at radius 1 is 1.00 bits per heavy atom. The molecule has 27 heavy (non-hydrogen) atoms.